The highest BCUT2D eigenvalue weighted by molar-refractivity contribution is 5.73. The van der Waals surface area contributed by atoms with E-state index < -0.39 is 5.97 Å². The zero-order valence-electron chi connectivity index (χ0n) is 10.6. The molecule has 0 aliphatic carbocycles. The standard InChI is InChI=1S/C12H24N2O2/c1-10(2)11(12(15)16)13(3)8-9-14-6-4-5-7-14/h10-11H,4-9H2,1-3H3,(H,15,16). The first-order valence-electron chi connectivity index (χ1n) is 6.17. The van der Waals surface area contributed by atoms with Gasteiger partial charge in [-0.05, 0) is 38.9 Å². The minimum absolute atomic E-state index is 0.154. The number of aliphatic carboxylic acids is 1. The van der Waals surface area contributed by atoms with Gasteiger partial charge in [-0.2, -0.15) is 0 Å². The van der Waals surface area contributed by atoms with Crippen LogP contribution in [0.15, 0.2) is 0 Å². The third-order valence-corrected chi connectivity index (χ3v) is 3.33. The number of hydrogen-bond donors (Lipinski definition) is 1. The molecule has 1 aliphatic heterocycles. The van der Waals surface area contributed by atoms with Crippen LogP contribution in [0.3, 0.4) is 0 Å². The number of likely N-dealkylation sites (N-methyl/N-ethyl adjacent to an activating group) is 1. The smallest absolute Gasteiger partial charge is 0.321 e. The van der Waals surface area contributed by atoms with E-state index in [4.69, 9.17) is 5.11 Å². The highest BCUT2D eigenvalue weighted by atomic mass is 16.4. The number of carboxylic acid groups (broad SMARTS) is 1. The van der Waals surface area contributed by atoms with Crippen molar-refractivity contribution < 1.29 is 9.90 Å². The Labute approximate surface area is 98.2 Å². The average Bonchev–Trinajstić information content (AvgIpc) is 2.65. The lowest BCUT2D eigenvalue weighted by Crippen LogP contribution is -2.45. The van der Waals surface area contributed by atoms with Gasteiger partial charge in [-0.15, -0.1) is 0 Å². The third kappa shape index (κ3) is 3.76. The molecule has 1 heterocycles. The van der Waals surface area contributed by atoms with Crippen molar-refractivity contribution in [1.29, 1.82) is 0 Å². The number of likely N-dealkylation sites (tertiary alicyclic amines) is 1. The maximum Gasteiger partial charge on any atom is 0.321 e. The van der Waals surface area contributed by atoms with E-state index in [0.29, 0.717) is 0 Å². The lowest BCUT2D eigenvalue weighted by molar-refractivity contribution is -0.144. The van der Waals surface area contributed by atoms with Crippen molar-refractivity contribution in [2.45, 2.75) is 32.7 Å². The molecule has 4 nitrogen and oxygen atoms in total. The van der Waals surface area contributed by atoms with Gasteiger partial charge in [0.2, 0.25) is 0 Å². The minimum atomic E-state index is -0.709. The van der Waals surface area contributed by atoms with E-state index in [1.54, 1.807) is 0 Å². The maximum atomic E-state index is 11.1. The Morgan fingerprint density at radius 3 is 2.38 bits per heavy atom. The molecule has 1 fully saturated rings. The van der Waals surface area contributed by atoms with Gasteiger partial charge in [-0.3, -0.25) is 9.69 Å². The summed E-state index contributed by atoms with van der Waals surface area (Å²) in [5, 5.41) is 9.15. The first kappa shape index (κ1) is 13.5. The van der Waals surface area contributed by atoms with Gasteiger partial charge in [0.05, 0.1) is 0 Å². The van der Waals surface area contributed by atoms with Crippen LogP contribution in [0, 0.1) is 5.92 Å². The molecule has 94 valence electrons. The van der Waals surface area contributed by atoms with Crippen molar-refractivity contribution in [1.82, 2.24) is 9.80 Å². The van der Waals surface area contributed by atoms with Crippen molar-refractivity contribution in [3.63, 3.8) is 0 Å². The summed E-state index contributed by atoms with van der Waals surface area (Å²) in [5.74, 6) is -0.556. The van der Waals surface area contributed by atoms with Gasteiger partial charge in [0.15, 0.2) is 0 Å². The molecule has 1 rings (SSSR count). The van der Waals surface area contributed by atoms with Crippen molar-refractivity contribution in [3.8, 4) is 0 Å². The van der Waals surface area contributed by atoms with Crippen LogP contribution in [0.25, 0.3) is 0 Å². The van der Waals surface area contributed by atoms with Crippen molar-refractivity contribution in [2.75, 3.05) is 33.2 Å². The number of rotatable bonds is 6. The summed E-state index contributed by atoms with van der Waals surface area (Å²) in [5.41, 5.74) is 0. The fourth-order valence-electron chi connectivity index (χ4n) is 2.43. The Bertz CT molecular complexity index is 225. The fraction of sp³-hybridized carbons (Fsp3) is 0.917. The van der Waals surface area contributed by atoms with E-state index in [-0.39, 0.29) is 12.0 Å². The van der Waals surface area contributed by atoms with Crippen LogP contribution in [0.5, 0.6) is 0 Å². The predicted molar refractivity (Wildman–Crippen MR) is 64.6 cm³/mol. The summed E-state index contributed by atoms with van der Waals surface area (Å²) in [6, 6.07) is -0.359. The van der Waals surface area contributed by atoms with E-state index in [9.17, 15) is 4.79 Å². The predicted octanol–water partition coefficient (Wildman–Crippen LogP) is 1.12. The summed E-state index contributed by atoms with van der Waals surface area (Å²) in [6.45, 7) is 8.11. The molecule has 0 saturated carbocycles. The van der Waals surface area contributed by atoms with E-state index >= 15 is 0 Å². The van der Waals surface area contributed by atoms with Crippen LogP contribution in [-0.2, 0) is 4.79 Å². The quantitative estimate of drug-likeness (QED) is 0.740. The van der Waals surface area contributed by atoms with Gasteiger partial charge < -0.3 is 10.0 Å². The van der Waals surface area contributed by atoms with Crippen LogP contribution >= 0.6 is 0 Å². The van der Waals surface area contributed by atoms with Gasteiger partial charge >= 0.3 is 5.97 Å². The summed E-state index contributed by atoms with van der Waals surface area (Å²) >= 11 is 0. The molecule has 0 aromatic carbocycles. The highest BCUT2D eigenvalue weighted by Crippen LogP contribution is 2.11. The molecule has 1 saturated heterocycles. The zero-order valence-corrected chi connectivity index (χ0v) is 10.6. The van der Waals surface area contributed by atoms with E-state index in [0.717, 1.165) is 13.1 Å². The number of hydrogen-bond acceptors (Lipinski definition) is 3. The first-order valence-corrected chi connectivity index (χ1v) is 6.17. The Balaban J connectivity index is 2.36. The molecule has 0 radical (unpaired) electrons. The van der Waals surface area contributed by atoms with Gasteiger partial charge in [0.1, 0.15) is 6.04 Å². The summed E-state index contributed by atoms with van der Waals surface area (Å²) in [6.07, 6.45) is 2.58. The topological polar surface area (TPSA) is 43.8 Å². The van der Waals surface area contributed by atoms with Gasteiger partial charge in [-0.1, -0.05) is 13.8 Å². The molecule has 0 bridgehead atoms. The SMILES string of the molecule is CC(C)C(C(=O)O)N(C)CCN1CCCC1. The highest BCUT2D eigenvalue weighted by Gasteiger charge is 2.26. The van der Waals surface area contributed by atoms with Gasteiger partial charge in [0.25, 0.3) is 0 Å². The zero-order chi connectivity index (χ0) is 12.1. The normalized spacial score (nSPS) is 19.6. The summed E-state index contributed by atoms with van der Waals surface area (Å²) < 4.78 is 0. The van der Waals surface area contributed by atoms with Gasteiger partial charge in [0, 0.05) is 13.1 Å². The van der Waals surface area contributed by atoms with Crippen molar-refractivity contribution >= 4 is 5.97 Å². The lowest BCUT2D eigenvalue weighted by Gasteiger charge is -2.29. The molecule has 1 atom stereocenters. The van der Waals surface area contributed by atoms with Crippen LogP contribution in [-0.4, -0.2) is 60.1 Å². The summed E-state index contributed by atoms with van der Waals surface area (Å²) in [4.78, 5) is 15.5. The largest absolute Gasteiger partial charge is 0.480 e. The number of carboxylic acids is 1. The van der Waals surface area contributed by atoms with E-state index in [2.05, 4.69) is 4.90 Å². The van der Waals surface area contributed by atoms with Crippen LogP contribution in [0.4, 0.5) is 0 Å². The lowest BCUT2D eigenvalue weighted by atomic mass is 10.0. The number of carbonyl (C=O) groups is 1. The van der Waals surface area contributed by atoms with E-state index in [1.165, 1.54) is 25.9 Å². The van der Waals surface area contributed by atoms with E-state index in [1.807, 2.05) is 25.8 Å². The second-order valence-corrected chi connectivity index (χ2v) is 5.06. The van der Waals surface area contributed by atoms with Crippen LogP contribution in [0.2, 0.25) is 0 Å². The molecule has 1 unspecified atom stereocenters. The molecule has 4 heteroatoms. The average molecular weight is 228 g/mol. The molecule has 0 amide bonds. The van der Waals surface area contributed by atoms with Crippen LogP contribution < -0.4 is 0 Å². The molecular formula is C12H24N2O2. The van der Waals surface area contributed by atoms with Gasteiger partial charge in [-0.25, -0.2) is 0 Å². The Hall–Kier alpha value is -0.610. The molecule has 16 heavy (non-hydrogen) atoms. The first-order chi connectivity index (χ1) is 7.52. The number of nitrogens with zero attached hydrogens (tertiary/aromatic N) is 2. The Kier molecular flexibility index (Phi) is 5.22. The second kappa shape index (κ2) is 6.21. The van der Waals surface area contributed by atoms with Crippen LogP contribution in [0.1, 0.15) is 26.7 Å². The Morgan fingerprint density at radius 2 is 1.94 bits per heavy atom. The molecule has 0 aromatic heterocycles. The monoisotopic (exact) mass is 228 g/mol. The maximum absolute atomic E-state index is 11.1. The molecule has 0 spiro atoms. The third-order valence-electron chi connectivity index (χ3n) is 3.33. The molecule has 0 aromatic rings. The van der Waals surface area contributed by atoms with Crippen molar-refractivity contribution in [2.24, 2.45) is 5.92 Å². The summed E-state index contributed by atoms with van der Waals surface area (Å²) in [7, 11) is 1.91. The Morgan fingerprint density at radius 1 is 1.38 bits per heavy atom. The second-order valence-electron chi connectivity index (χ2n) is 5.06. The van der Waals surface area contributed by atoms with Crippen molar-refractivity contribution in [3.05, 3.63) is 0 Å². The molecule has 1 aliphatic rings. The molecule has 1 N–H and O–H groups in total. The molecular weight excluding hydrogens is 204 g/mol. The fourth-order valence-corrected chi connectivity index (χ4v) is 2.43. The minimum Gasteiger partial charge on any atom is -0.480 e.